The Morgan fingerprint density at radius 2 is 1.92 bits per heavy atom. The van der Waals surface area contributed by atoms with E-state index in [0.29, 0.717) is 27.9 Å². The van der Waals surface area contributed by atoms with Crippen LogP contribution in [-0.4, -0.2) is 40.4 Å². The predicted octanol–water partition coefficient (Wildman–Crippen LogP) is -2.48. The molecule has 0 saturated heterocycles. The highest BCUT2D eigenvalue weighted by Crippen LogP contribution is 2.07. The molecule has 0 aliphatic heterocycles. The average molecular weight is 189 g/mol. The molecule has 2 aromatic heterocycles. The van der Waals surface area contributed by atoms with Crippen molar-refractivity contribution in [3.8, 4) is 0 Å². The van der Waals surface area contributed by atoms with Gasteiger partial charge in [0, 0.05) is 0 Å². The Hall–Kier alpha value is -1.22. The quantitative estimate of drug-likeness (QED) is 0.450. The highest BCUT2D eigenvalue weighted by Gasteiger charge is 2.05. The van der Waals surface area contributed by atoms with Gasteiger partial charge < -0.3 is 10.7 Å². The molecule has 5 nitrogen and oxygen atoms in total. The van der Waals surface area contributed by atoms with Crippen molar-refractivity contribution in [3.63, 3.8) is 0 Å². The third-order valence-corrected chi connectivity index (χ3v) is 1.84. The zero-order chi connectivity index (χ0) is 8.72. The van der Waals surface area contributed by atoms with E-state index in [4.69, 9.17) is 5.73 Å². The summed E-state index contributed by atoms with van der Waals surface area (Å²) < 4.78 is 0. The lowest BCUT2D eigenvalue weighted by Crippen LogP contribution is -2.15. The SMILES string of the molecule is Nc1nc([Si])nc2nc([Si])[nH]c12. The van der Waals surface area contributed by atoms with Gasteiger partial charge in [-0.15, -0.1) is 0 Å². The standard InChI is InChI=1S/C5H3N5Si2/c6-2-1-3(9-4(11)7-1)10-5(12)8-2/h(H3,6,7,8,9,10). The van der Waals surface area contributed by atoms with Crippen LogP contribution in [0.4, 0.5) is 5.82 Å². The molecule has 0 saturated carbocycles. The van der Waals surface area contributed by atoms with E-state index in [0.717, 1.165) is 0 Å². The summed E-state index contributed by atoms with van der Waals surface area (Å²) in [6.45, 7) is 0. The van der Waals surface area contributed by atoms with E-state index in [1.54, 1.807) is 0 Å². The van der Waals surface area contributed by atoms with Crippen molar-refractivity contribution < 1.29 is 0 Å². The fraction of sp³-hybridized carbons (Fsp3) is 0. The van der Waals surface area contributed by atoms with Gasteiger partial charge >= 0.3 is 0 Å². The lowest BCUT2D eigenvalue weighted by Gasteiger charge is -1.94. The molecule has 0 aliphatic rings. The van der Waals surface area contributed by atoms with Crippen molar-refractivity contribution >= 4 is 48.4 Å². The first-order valence-electron chi connectivity index (χ1n) is 3.13. The number of nitrogens with two attached hydrogens (primary N) is 1. The third kappa shape index (κ3) is 1.03. The van der Waals surface area contributed by atoms with Gasteiger partial charge in [0.05, 0.1) is 5.45 Å². The summed E-state index contributed by atoms with van der Waals surface area (Å²) in [7, 11) is 6.40. The molecule has 0 unspecified atom stereocenters. The van der Waals surface area contributed by atoms with Crippen LogP contribution in [0.3, 0.4) is 0 Å². The third-order valence-electron chi connectivity index (χ3n) is 1.38. The second-order valence-corrected chi connectivity index (χ2v) is 3.14. The number of nitrogens with zero attached hydrogens (tertiary/aromatic N) is 3. The molecule has 0 atom stereocenters. The monoisotopic (exact) mass is 189 g/mol. The number of hydrogen-bond acceptors (Lipinski definition) is 4. The Kier molecular flexibility index (Phi) is 1.48. The Morgan fingerprint density at radius 1 is 1.17 bits per heavy atom. The summed E-state index contributed by atoms with van der Waals surface area (Å²) >= 11 is 0. The van der Waals surface area contributed by atoms with Gasteiger partial charge in [0.25, 0.3) is 0 Å². The molecule has 3 N–H and O–H groups in total. The second kappa shape index (κ2) is 2.39. The molecule has 0 aliphatic carbocycles. The van der Waals surface area contributed by atoms with E-state index in [2.05, 4.69) is 40.4 Å². The maximum Gasteiger partial charge on any atom is 0.182 e. The first-order chi connectivity index (χ1) is 5.66. The molecule has 0 bridgehead atoms. The minimum atomic E-state index is 0.377. The van der Waals surface area contributed by atoms with Crippen molar-refractivity contribution in [2.75, 3.05) is 5.73 Å². The maximum absolute atomic E-state index is 5.60. The van der Waals surface area contributed by atoms with Gasteiger partial charge in [-0.2, -0.15) is 0 Å². The van der Waals surface area contributed by atoms with Gasteiger partial charge in [0.2, 0.25) is 0 Å². The highest BCUT2D eigenvalue weighted by molar-refractivity contribution is 6.31. The average Bonchev–Trinajstić information content (AvgIpc) is 2.29. The van der Waals surface area contributed by atoms with Crippen LogP contribution >= 0.6 is 0 Å². The maximum atomic E-state index is 5.60. The lowest BCUT2D eigenvalue weighted by atomic mass is 10.5. The number of imidazole rings is 1. The van der Waals surface area contributed by atoms with Gasteiger partial charge in [-0.05, 0) is 0 Å². The van der Waals surface area contributed by atoms with Crippen molar-refractivity contribution in [2.24, 2.45) is 0 Å². The van der Waals surface area contributed by atoms with E-state index in [-0.39, 0.29) is 0 Å². The molecule has 56 valence electrons. The molecular weight excluding hydrogens is 186 g/mol. The molecule has 0 amide bonds. The van der Waals surface area contributed by atoms with Crippen LogP contribution in [0.1, 0.15) is 0 Å². The molecule has 6 radical (unpaired) electrons. The normalized spacial score (nSPS) is 10.8. The van der Waals surface area contributed by atoms with Crippen molar-refractivity contribution in [1.82, 2.24) is 19.9 Å². The first-order valence-corrected chi connectivity index (χ1v) is 4.13. The van der Waals surface area contributed by atoms with Crippen LogP contribution in [0.25, 0.3) is 11.2 Å². The van der Waals surface area contributed by atoms with Crippen LogP contribution in [0.5, 0.6) is 0 Å². The van der Waals surface area contributed by atoms with Crippen molar-refractivity contribution in [3.05, 3.63) is 0 Å². The van der Waals surface area contributed by atoms with E-state index >= 15 is 0 Å². The van der Waals surface area contributed by atoms with Gasteiger partial charge in [0.15, 0.2) is 11.5 Å². The Bertz CT molecular complexity index is 437. The molecule has 12 heavy (non-hydrogen) atoms. The minimum absolute atomic E-state index is 0.377. The summed E-state index contributed by atoms with van der Waals surface area (Å²) in [5, 5.41) is 0. The van der Waals surface area contributed by atoms with Crippen LogP contribution in [-0.2, 0) is 0 Å². The largest absolute Gasteiger partial charge is 0.382 e. The zero-order valence-electron chi connectivity index (χ0n) is 5.92. The number of aromatic nitrogens is 4. The van der Waals surface area contributed by atoms with Crippen LogP contribution in [0.15, 0.2) is 0 Å². The number of hydrogen-bond donors (Lipinski definition) is 2. The number of aromatic amines is 1. The second-order valence-electron chi connectivity index (χ2n) is 2.22. The number of nitrogen functional groups attached to an aromatic ring is 1. The summed E-state index contributed by atoms with van der Waals surface area (Å²) in [5.41, 5.74) is 7.79. The molecular formula is C5H3N5Si2. The molecule has 7 heteroatoms. The summed E-state index contributed by atoms with van der Waals surface area (Å²) in [5.74, 6) is 0.377. The fourth-order valence-corrected chi connectivity index (χ4v) is 1.38. The zero-order valence-corrected chi connectivity index (χ0v) is 7.92. The number of nitrogens with one attached hydrogen (secondary N) is 1. The van der Waals surface area contributed by atoms with Crippen molar-refractivity contribution in [1.29, 1.82) is 0 Å². The fourth-order valence-electron chi connectivity index (χ4n) is 0.919. The van der Waals surface area contributed by atoms with Crippen LogP contribution in [0.2, 0.25) is 0 Å². The van der Waals surface area contributed by atoms with Gasteiger partial charge in [-0.3, -0.25) is 0 Å². The van der Waals surface area contributed by atoms with Crippen LogP contribution in [0, 0.1) is 0 Å². The molecule has 0 fully saturated rings. The Labute approximate surface area is 74.7 Å². The number of rotatable bonds is 0. The van der Waals surface area contributed by atoms with E-state index in [1.807, 2.05) is 0 Å². The molecule has 0 spiro atoms. The number of anilines is 1. The van der Waals surface area contributed by atoms with E-state index < -0.39 is 0 Å². The molecule has 2 rings (SSSR count). The predicted molar refractivity (Wildman–Crippen MR) is 46.9 cm³/mol. The molecule has 2 heterocycles. The molecule has 0 aromatic carbocycles. The van der Waals surface area contributed by atoms with Gasteiger partial charge in [0.1, 0.15) is 31.4 Å². The summed E-state index contributed by atoms with van der Waals surface area (Å²) in [4.78, 5) is 14.8. The highest BCUT2D eigenvalue weighted by atomic mass is 28.1. The topological polar surface area (TPSA) is 80.5 Å². The number of H-pyrrole nitrogens is 1. The van der Waals surface area contributed by atoms with E-state index in [9.17, 15) is 0 Å². The van der Waals surface area contributed by atoms with Crippen LogP contribution < -0.4 is 16.6 Å². The lowest BCUT2D eigenvalue weighted by molar-refractivity contribution is 1.28. The summed E-state index contributed by atoms with van der Waals surface area (Å²) in [6, 6.07) is 0. The molecule has 2 aromatic rings. The summed E-state index contributed by atoms with van der Waals surface area (Å²) in [6.07, 6.45) is 0. The first kappa shape index (κ1) is 7.43. The van der Waals surface area contributed by atoms with Gasteiger partial charge in [-0.25, -0.2) is 15.0 Å². The van der Waals surface area contributed by atoms with Crippen molar-refractivity contribution in [2.45, 2.75) is 0 Å². The van der Waals surface area contributed by atoms with E-state index in [1.165, 1.54) is 0 Å². The number of fused-ring (bicyclic) bond motifs is 1. The van der Waals surface area contributed by atoms with Gasteiger partial charge in [-0.1, -0.05) is 0 Å². The Balaban J connectivity index is 2.88. The Morgan fingerprint density at radius 3 is 2.67 bits per heavy atom. The minimum Gasteiger partial charge on any atom is -0.382 e. The smallest absolute Gasteiger partial charge is 0.182 e.